The number of amides is 1. The van der Waals surface area contributed by atoms with Crippen molar-refractivity contribution in [3.8, 4) is 5.75 Å². The summed E-state index contributed by atoms with van der Waals surface area (Å²) >= 11 is 0. The fraction of sp³-hybridized carbons (Fsp3) is 0.462. The zero-order chi connectivity index (χ0) is 12.1. The van der Waals surface area contributed by atoms with Crippen molar-refractivity contribution in [2.75, 3.05) is 25.0 Å². The largest absolute Gasteiger partial charge is 0.494 e. The van der Waals surface area contributed by atoms with Gasteiger partial charge in [-0.1, -0.05) is 0 Å². The zero-order valence-electron chi connectivity index (χ0n) is 10.0. The lowest BCUT2D eigenvalue weighted by atomic mass is 9.99. The van der Waals surface area contributed by atoms with Crippen LogP contribution in [0, 0.1) is 5.92 Å². The fourth-order valence-corrected chi connectivity index (χ4v) is 1.77. The van der Waals surface area contributed by atoms with Gasteiger partial charge in [0, 0.05) is 12.1 Å². The minimum atomic E-state index is 0.0839. The molecule has 2 rings (SSSR count). The molecule has 1 heterocycles. The molecule has 0 aliphatic carbocycles. The molecule has 0 radical (unpaired) electrons. The van der Waals surface area contributed by atoms with Crippen molar-refractivity contribution in [2.24, 2.45) is 5.92 Å². The standard InChI is InChI=1S/C13H18N2O2/c1-2-17-12-5-3-11(4-6-12)15-13(16)7-10-8-14-9-10/h3-6,10,14H,2,7-9H2,1H3,(H,15,16). The monoisotopic (exact) mass is 234 g/mol. The first-order valence-electron chi connectivity index (χ1n) is 6.01. The van der Waals surface area contributed by atoms with E-state index in [-0.39, 0.29) is 5.91 Å². The Labute approximate surface area is 101 Å². The first-order chi connectivity index (χ1) is 8.28. The molecular weight excluding hydrogens is 216 g/mol. The molecule has 0 bridgehead atoms. The normalized spacial score (nSPS) is 15.1. The smallest absolute Gasteiger partial charge is 0.224 e. The first kappa shape index (κ1) is 11.9. The summed E-state index contributed by atoms with van der Waals surface area (Å²) in [7, 11) is 0. The Bertz CT molecular complexity index is 372. The molecule has 0 spiro atoms. The van der Waals surface area contributed by atoms with E-state index in [4.69, 9.17) is 4.74 Å². The molecule has 17 heavy (non-hydrogen) atoms. The summed E-state index contributed by atoms with van der Waals surface area (Å²) in [6.07, 6.45) is 0.597. The van der Waals surface area contributed by atoms with E-state index in [0.717, 1.165) is 24.5 Å². The highest BCUT2D eigenvalue weighted by atomic mass is 16.5. The van der Waals surface area contributed by atoms with Crippen LogP contribution in [0.5, 0.6) is 5.75 Å². The first-order valence-corrected chi connectivity index (χ1v) is 6.01. The van der Waals surface area contributed by atoms with Gasteiger partial charge in [-0.15, -0.1) is 0 Å². The van der Waals surface area contributed by atoms with Crippen molar-refractivity contribution in [2.45, 2.75) is 13.3 Å². The predicted molar refractivity (Wildman–Crippen MR) is 67.2 cm³/mol. The maximum absolute atomic E-state index is 11.7. The van der Waals surface area contributed by atoms with Crippen LogP contribution in [-0.2, 0) is 4.79 Å². The van der Waals surface area contributed by atoms with Gasteiger partial charge in [0.05, 0.1) is 6.61 Å². The highest BCUT2D eigenvalue weighted by molar-refractivity contribution is 5.90. The Morgan fingerprint density at radius 2 is 2.12 bits per heavy atom. The van der Waals surface area contributed by atoms with Crippen molar-refractivity contribution in [1.29, 1.82) is 0 Å². The van der Waals surface area contributed by atoms with Gasteiger partial charge in [0.25, 0.3) is 0 Å². The van der Waals surface area contributed by atoms with E-state index in [1.165, 1.54) is 0 Å². The molecule has 0 unspecified atom stereocenters. The van der Waals surface area contributed by atoms with Crippen molar-refractivity contribution in [1.82, 2.24) is 5.32 Å². The Morgan fingerprint density at radius 3 is 2.65 bits per heavy atom. The molecule has 4 nitrogen and oxygen atoms in total. The van der Waals surface area contributed by atoms with Crippen LogP contribution in [0.1, 0.15) is 13.3 Å². The molecule has 1 aromatic carbocycles. The second kappa shape index (κ2) is 5.68. The number of ether oxygens (including phenoxy) is 1. The topological polar surface area (TPSA) is 50.4 Å². The molecule has 1 aliphatic rings. The molecule has 1 aliphatic heterocycles. The van der Waals surface area contributed by atoms with Crippen molar-refractivity contribution in [3.05, 3.63) is 24.3 Å². The minimum Gasteiger partial charge on any atom is -0.494 e. The van der Waals surface area contributed by atoms with Crippen LogP contribution in [0.4, 0.5) is 5.69 Å². The van der Waals surface area contributed by atoms with Gasteiger partial charge in [-0.25, -0.2) is 0 Å². The number of benzene rings is 1. The van der Waals surface area contributed by atoms with E-state index in [2.05, 4.69) is 10.6 Å². The van der Waals surface area contributed by atoms with Gasteiger partial charge in [-0.2, -0.15) is 0 Å². The maximum atomic E-state index is 11.7. The van der Waals surface area contributed by atoms with Gasteiger partial charge in [0.1, 0.15) is 5.75 Å². The molecule has 1 aromatic rings. The average Bonchev–Trinajstić information content (AvgIpc) is 2.27. The molecule has 4 heteroatoms. The second-order valence-electron chi connectivity index (χ2n) is 4.23. The Morgan fingerprint density at radius 1 is 1.41 bits per heavy atom. The van der Waals surface area contributed by atoms with Gasteiger partial charge in [0.15, 0.2) is 0 Å². The van der Waals surface area contributed by atoms with Crippen LogP contribution >= 0.6 is 0 Å². The van der Waals surface area contributed by atoms with E-state index in [1.807, 2.05) is 31.2 Å². The highest BCUT2D eigenvalue weighted by Crippen LogP contribution is 2.16. The summed E-state index contributed by atoms with van der Waals surface area (Å²) in [6, 6.07) is 7.46. The third kappa shape index (κ3) is 3.46. The number of hydrogen-bond donors (Lipinski definition) is 2. The van der Waals surface area contributed by atoms with Gasteiger partial charge in [0.2, 0.25) is 5.91 Å². The number of rotatable bonds is 5. The molecule has 0 atom stereocenters. The van der Waals surface area contributed by atoms with Gasteiger partial charge in [-0.3, -0.25) is 4.79 Å². The Balaban J connectivity index is 1.82. The third-order valence-corrected chi connectivity index (χ3v) is 2.79. The van der Waals surface area contributed by atoms with Gasteiger partial charge in [-0.05, 0) is 50.2 Å². The third-order valence-electron chi connectivity index (χ3n) is 2.79. The highest BCUT2D eigenvalue weighted by Gasteiger charge is 2.19. The van der Waals surface area contributed by atoms with Crippen LogP contribution < -0.4 is 15.4 Å². The lowest BCUT2D eigenvalue weighted by molar-refractivity contribution is -0.117. The minimum absolute atomic E-state index is 0.0839. The fourth-order valence-electron chi connectivity index (χ4n) is 1.77. The molecular formula is C13H18N2O2. The number of carbonyl (C=O) groups excluding carboxylic acids is 1. The molecule has 1 saturated heterocycles. The zero-order valence-corrected chi connectivity index (χ0v) is 10.0. The summed E-state index contributed by atoms with van der Waals surface area (Å²) in [4.78, 5) is 11.7. The quantitative estimate of drug-likeness (QED) is 0.814. The van der Waals surface area contributed by atoms with Crippen molar-refractivity contribution < 1.29 is 9.53 Å². The van der Waals surface area contributed by atoms with Gasteiger partial charge < -0.3 is 15.4 Å². The van der Waals surface area contributed by atoms with E-state index in [1.54, 1.807) is 0 Å². The summed E-state index contributed by atoms with van der Waals surface area (Å²) < 4.78 is 5.34. The lowest BCUT2D eigenvalue weighted by Gasteiger charge is -2.26. The van der Waals surface area contributed by atoms with Crippen molar-refractivity contribution in [3.63, 3.8) is 0 Å². The second-order valence-corrected chi connectivity index (χ2v) is 4.23. The van der Waals surface area contributed by atoms with Crippen molar-refractivity contribution >= 4 is 11.6 Å². The molecule has 1 fully saturated rings. The van der Waals surface area contributed by atoms with Crippen LogP contribution in [0.25, 0.3) is 0 Å². The molecule has 0 aromatic heterocycles. The number of anilines is 1. The summed E-state index contributed by atoms with van der Waals surface area (Å²) in [5.74, 6) is 1.41. The maximum Gasteiger partial charge on any atom is 0.224 e. The van der Waals surface area contributed by atoms with E-state index in [9.17, 15) is 4.79 Å². The summed E-state index contributed by atoms with van der Waals surface area (Å²) in [6.45, 7) is 4.51. The van der Waals surface area contributed by atoms with Crippen LogP contribution in [0.3, 0.4) is 0 Å². The number of carbonyl (C=O) groups is 1. The summed E-state index contributed by atoms with van der Waals surface area (Å²) in [5.41, 5.74) is 0.825. The number of nitrogens with one attached hydrogen (secondary N) is 2. The van der Waals surface area contributed by atoms with Crippen LogP contribution in [0.15, 0.2) is 24.3 Å². The van der Waals surface area contributed by atoms with E-state index >= 15 is 0 Å². The Kier molecular flexibility index (Phi) is 3.98. The van der Waals surface area contributed by atoms with Crippen LogP contribution in [-0.4, -0.2) is 25.6 Å². The molecule has 92 valence electrons. The van der Waals surface area contributed by atoms with E-state index < -0.39 is 0 Å². The average molecular weight is 234 g/mol. The predicted octanol–water partition coefficient (Wildman–Crippen LogP) is 1.63. The lowest BCUT2D eigenvalue weighted by Crippen LogP contribution is -2.43. The molecule has 2 N–H and O–H groups in total. The SMILES string of the molecule is CCOc1ccc(NC(=O)CC2CNC2)cc1. The Hall–Kier alpha value is -1.55. The molecule has 1 amide bonds. The number of hydrogen-bond acceptors (Lipinski definition) is 3. The van der Waals surface area contributed by atoms with Gasteiger partial charge >= 0.3 is 0 Å². The van der Waals surface area contributed by atoms with Crippen LogP contribution in [0.2, 0.25) is 0 Å². The molecule has 0 saturated carbocycles. The van der Waals surface area contributed by atoms with E-state index in [0.29, 0.717) is 18.9 Å². The summed E-state index contributed by atoms with van der Waals surface area (Å²) in [5, 5.41) is 6.04.